The molecule has 3 atom stereocenters. The number of carbonyl (C=O) groups excluding carboxylic acids is 1. The summed E-state index contributed by atoms with van der Waals surface area (Å²) in [6.07, 6.45) is 2.80. The molecule has 4 heteroatoms. The highest BCUT2D eigenvalue weighted by molar-refractivity contribution is 5.76. The monoisotopic (exact) mass is 242 g/mol. The molecule has 17 heavy (non-hydrogen) atoms. The Balaban J connectivity index is 2.48. The van der Waals surface area contributed by atoms with Crippen molar-refractivity contribution in [2.24, 2.45) is 17.6 Å². The highest BCUT2D eigenvalue weighted by Gasteiger charge is 2.28. The average molecular weight is 242 g/mol. The van der Waals surface area contributed by atoms with Gasteiger partial charge in [0.15, 0.2) is 0 Å². The summed E-state index contributed by atoms with van der Waals surface area (Å²) in [6, 6.07) is 0.361. The third kappa shape index (κ3) is 4.28. The molecule has 1 fully saturated rings. The van der Waals surface area contributed by atoms with Crippen LogP contribution in [0.2, 0.25) is 0 Å². The van der Waals surface area contributed by atoms with Crippen molar-refractivity contribution in [2.75, 3.05) is 26.8 Å². The molecule has 0 aromatic rings. The van der Waals surface area contributed by atoms with Gasteiger partial charge in [-0.25, -0.2) is 0 Å². The van der Waals surface area contributed by atoms with Crippen LogP contribution in [0.1, 0.15) is 33.1 Å². The first-order valence-electron chi connectivity index (χ1n) is 6.57. The molecule has 0 bridgehead atoms. The fourth-order valence-corrected chi connectivity index (χ4v) is 2.48. The second kappa shape index (κ2) is 6.97. The molecular formula is C13H26N2O2. The zero-order chi connectivity index (χ0) is 12.8. The smallest absolute Gasteiger partial charge is 0.223 e. The standard InChI is InChI=1S/C13H26N2O2/c1-10(9-17-3)6-13(16)15-8-12(7-14)5-4-11(15)2/h10-12H,4-9,14H2,1-3H3. The number of nitrogens with two attached hydrogens (primary N) is 1. The molecule has 1 heterocycles. The van der Waals surface area contributed by atoms with Crippen LogP contribution in [0.25, 0.3) is 0 Å². The Morgan fingerprint density at radius 3 is 2.82 bits per heavy atom. The van der Waals surface area contributed by atoms with Crippen LogP contribution in [0.5, 0.6) is 0 Å². The zero-order valence-electron chi connectivity index (χ0n) is 11.3. The molecule has 0 saturated carbocycles. The molecule has 1 saturated heterocycles. The summed E-state index contributed by atoms with van der Waals surface area (Å²) < 4.78 is 5.07. The number of hydrogen-bond acceptors (Lipinski definition) is 3. The molecule has 0 aromatic heterocycles. The summed E-state index contributed by atoms with van der Waals surface area (Å²) in [5.74, 6) is 1.02. The predicted molar refractivity (Wildman–Crippen MR) is 68.6 cm³/mol. The normalized spacial score (nSPS) is 26.9. The fourth-order valence-electron chi connectivity index (χ4n) is 2.48. The van der Waals surface area contributed by atoms with Gasteiger partial charge < -0.3 is 15.4 Å². The van der Waals surface area contributed by atoms with E-state index in [0.29, 0.717) is 31.5 Å². The molecule has 0 aliphatic carbocycles. The van der Waals surface area contributed by atoms with E-state index in [0.717, 1.165) is 19.4 Å². The Labute approximate surface area is 104 Å². The molecule has 2 N–H and O–H groups in total. The number of likely N-dealkylation sites (tertiary alicyclic amines) is 1. The average Bonchev–Trinajstić information content (AvgIpc) is 2.29. The number of rotatable bonds is 5. The van der Waals surface area contributed by atoms with Crippen LogP contribution >= 0.6 is 0 Å². The molecule has 100 valence electrons. The molecule has 1 aliphatic heterocycles. The molecule has 0 spiro atoms. The Hall–Kier alpha value is -0.610. The summed E-state index contributed by atoms with van der Waals surface area (Å²) in [6.45, 7) is 6.34. The molecule has 1 aliphatic rings. The Morgan fingerprint density at radius 2 is 2.24 bits per heavy atom. The molecular weight excluding hydrogens is 216 g/mol. The van der Waals surface area contributed by atoms with E-state index in [2.05, 4.69) is 13.8 Å². The lowest BCUT2D eigenvalue weighted by molar-refractivity contribution is -0.136. The van der Waals surface area contributed by atoms with E-state index in [-0.39, 0.29) is 11.8 Å². The van der Waals surface area contributed by atoms with Gasteiger partial charge in [0.2, 0.25) is 5.91 Å². The minimum atomic E-state index is 0.250. The van der Waals surface area contributed by atoms with E-state index in [4.69, 9.17) is 10.5 Å². The van der Waals surface area contributed by atoms with Crippen molar-refractivity contribution in [3.8, 4) is 0 Å². The van der Waals surface area contributed by atoms with Crippen molar-refractivity contribution in [3.05, 3.63) is 0 Å². The van der Waals surface area contributed by atoms with Crippen molar-refractivity contribution in [2.45, 2.75) is 39.2 Å². The lowest BCUT2D eigenvalue weighted by Crippen LogP contribution is -2.47. The number of hydrogen-bond donors (Lipinski definition) is 1. The maximum atomic E-state index is 12.2. The summed E-state index contributed by atoms with van der Waals surface area (Å²) in [7, 11) is 1.68. The number of ether oxygens (including phenoxy) is 1. The second-order valence-electron chi connectivity index (χ2n) is 5.34. The van der Waals surface area contributed by atoms with Gasteiger partial charge in [0.25, 0.3) is 0 Å². The number of nitrogens with zero attached hydrogens (tertiary/aromatic N) is 1. The van der Waals surface area contributed by atoms with E-state index in [1.807, 2.05) is 4.90 Å². The summed E-state index contributed by atoms with van der Waals surface area (Å²) >= 11 is 0. The summed E-state index contributed by atoms with van der Waals surface area (Å²) in [4.78, 5) is 14.2. The van der Waals surface area contributed by atoms with Gasteiger partial charge in [-0.3, -0.25) is 4.79 Å². The number of carbonyl (C=O) groups is 1. The lowest BCUT2D eigenvalue weighted by atomic mass is 9.92. The Bertz CT molecular complexity index is 246. The van der Waals surface area contributed by atoms with Crippen molar-refractivity contribution in [3.63, 3.8) is 0 Å². The number of methoxy groups -OCH3 is 1. The van der Waals surface area contributed by atoms with Gasteiger partial charge >= 0.3 is 0 Å². The minimum absolute atomic E-state index is 0.250. The van der Waals surface area contributed by atoms with E-state index in [1.54, 1.807) is 7.11 Å². The van der Waals surface area contributed by atoms with Crippen molar-refractivity contribution in [1.82, 2.24) is 4.90 Å². The third-order valence-electron chi connectivity index (χ3n) is 3.61. The molecule has 0 radical (unpaired) electrons. The van der Waals surface area contributed by atoms with Gasteiger partial charge in [-0.2, -0.15) is 0 Å². The summed E-state index contributed by atoms with van der Waals surface area (Å²) in [5, 5.41) is 0. The van der Waals surface area contributed by atoms with Gasteiger partial charge in [-0.05, 0) is 38.1 Å². The maximum Gasteiger partial charge on any atom is 0.223 e. The fraction of sp³-hybridized carbons (Fsp3) is 0.923. The molecule has 1 rings (SSSR count). The highest BCUT2D eigenvalue weighted by atomic mass is 16.5. The van der Waals surface area contributed by atoms with E-state index in [1.165, 1.54) is 0 Å². The van der Waals surface area contributed by atoms with Gasteiger partial charge in [-0.15, -0.1) is 0 Å². The van der Waals surface area contributed by atoms with Crippen LogP contribution in [-0.2, 0) is 9.53 Å². The van der Waals surface area contributed by atoms with E-state index < -0.39 is 0 Å². The first-order valence-corrected chi connectivity index (χ1v) is 6.57. The SMILES string of the molecule is COCC(C)CC(=O)N1CC(CN)CCC1C. The zero-order valence-corrected chi connectivity index (χ0v) is 11.3. The van der Waals surface area contributed by atoms with Gasteiger partial charge in [0, 0.05) is 32.7 Å². The molecule has 3 unspecified atom stereocenters. The van der Waals surface area contributed by atoms with Gasteiger partial charge in [0.05, 0.1) is 0 Å². The Morgan fingerprint density at radius 1 is 1.53 bits per heavy atom. The lowest BCUT2D eigenvalue weighted by Gasteiger charge is -2.38. The van der Waals surface area contributed by atoms with E-state index >= 15 is 0 Å². The van der Waals surface area contributed by atoms with Gasteiger partial charge in [0.1, 0.15) is 0 Å². The van der Waals surface area contributed by atoms with Crippen molar-refractivity contribution >= 4 is 5.91 Å². The topological polar surface area (TPSA) is 55.6 Å². The maximum absolute atomic E-state index is 12.2. The predicted octanol–water partition coefficient (Wildman–Crippen LogP) is 1.24. The summed E-state index contributed by atoms with van der Waals surface area (Å²) in [5.41, 5.74) is 5.70. The van der Waals surface area contributed by atoms with Crippen LogP contribution in [-0.4, -0.2) is 43.7 Å². The number of amides is 1. The van der Waals surface area contributed by atoms with Crippen LogP contribution in [0.4, 0.5) is 0 Å². The number of piperidine rings is 1. The third-order valence-corrected chi connectivity index (χ3v) is 3.61. The largest absolute Gasteiger partial charge is 0.384 e. The van der Waals surface area contributed by atoms with Crippen molar-refractivity contribution in [1.29, 1.82) is 0 Å². The van der Waals surface area contributed by atoms with Crippen LogP contribution < -0.4 is 5.73 Å². The first-order chi connectivity index (χ1) is 8.08. The first kappa shape index (κ1) is 14.5. The quantitative estimate of drug-likeness (QED) is 0.789. The van der Waals surface area contributed by atoms with Gasteiger partial charge in [-0.1, -0.05) is 6.92 Å². The Kier molecular flexibility index (Phi) is 5.92. The van der Waals surface area contributed by atoms with Crippen LogP contribution in [0.3, 0.4) is 0 Å². The molecule has 0 aromatic carbocycles. The highest BCUT2D eigenvalue weighted by Crippen LogP contribution is 2.22. The van der Waals surface area contributed by atoms with Crippen LogP contribution in [0.15, 0.2) is 0 Å². The van der Waals surface area contributed by atoms with Crippen molar-refractivity contribution < 1.29 is 9.53 Å². The van der Waals surface area contributed by atoms with Crippen LogP contribution in [0, 0.1) is 11.8 Å². The molecule has 4 nitrogen and oxygen atoms in total. The van der Waals surface area contributed by atoms with E-state index in [9.17, 15) is 4.79 Å². The minimum Gasteiger partial charge on any atom is -0.384 e. The second-order valence-corrected chi connectivity index (χ2v) is 5.34. The molecule has 1 amide bonds.